The molecule has 1 heterocycles. The lowest BCUT2D eigenvalue weighted by molar-refractivity contribution is -0.145. The molecule has 0 N–H and O–H groups in total. The van der Waals surface area contributed by atoms with Gasteiger partial charge in [-0.25, -0.2) is 15.0 Å². The van der Waals surface area contributed by atoms with E-state index in [1.165, 1.54) is 0 Å². The Labute approximate surface area is 139 Å². The molecule has 0 saturated heterocycles. The van der Waals surface area contributed by atoms with Crippen molar-refractivity contribution < 1.29 is 13.2 Å². The first-order valence-electron chi connectivity index (χ1n) is 3.79. The van der Waals surface area contributed by atoms with E-state index >= 15 is 0 Å². The lowest BCUT2D eigenvalue weighted by Gasteiger charge is -2.16. The summed E-state index contributed by atoms with van der Waals surface area (Å²) in [5, 5.41) is 0. The highest BCUT2D eigenvalue weighted by molar-refractivity contribution is 9.38. The molecule has 0 saturated carbocycles. The monoisotopic (exact) mass is 513 g/mol. The molecule has 12 heteroatoms. The van der Waals surface area contributed by atoms with Gasteiger partial charge in [-0.05, 0) is 0 Å². The van der Waals surface area contributed by atoms with Gasteiger partial charge < -0.3 is 0 Å². The third kappa shape index (κ3) is 4.59. The van der Waals surface area contributed by atoms with Crippen molar-refractivity contribution in [3.05, 3.63) is 17.5 Å². The zero-order chi connectivity index (χ0) is 14.4. The molecule has 0 bridgehead atoms. The fourth-order valence-corrected chi connectivity index (χ4v) is 1.54. The van der Waals surface area contributed by atoms with Gasteiger partial charge in [0, 0.05) is 0 Å². The topological polar surface area (TPSA) is 38.7 Å². The van der Waals surface area contributed by atoms with Crippen LogP contribution < -0.4 is 0 Å². The third-order valence-corrected chi connectivity index (χ3v) is 2.97. The van der Waals surface area contributed by atoms with E-state index in [-0.39, 0.29) is 5.82 Å². The average molecular weight is 517 g/mol. The molecule has 0 aliphatic carbocycles. The van der Waals surface area contributed by atoms with E-state index in [1.807, 2.05) is 0 Å². The molecule has 0 spiro atoms. The van der Waals surface area contributed by atoms with Gasteiger partial charge in [0.25, 0.3) is 0 Å². The van der Waals surface area contributed by atoms with Crippen molar-refractivity contribution in [2.45, 2.75) is 12.1 Å². The zero-order valence-electron chi connectivity index (χ0n) is 7.74. The average Bonchev–Trinajstić information content (AvgIpc) is 2.13. The number of hydrogen-bond acceptors (Lipinski definition) is 3. The highest BCUT2D eigenvalue weighted by atomic mass is 80.0. The van der Waals surface area contributed by atoms with E-state index in [1.54, 1.807) is 0 Å². The third-order valence-electron chi connectivity index (χ3n) is 1.40. The number of nitrogens with zero attached hydrogens (tertiary/aromatic N) is 3. The molecule has 0 fully saturated rings. The van der Waals surface area contributed by atoms with Gasteiger partial charge >= 0.3 is 6.18 Å². The summed E-state index contributed by atoms with van der Waals surface area (Å²) in [6, 6.07) is 0. The second-order valence-electron chi connectivity index (χ2n) is 2.80. The normalized spacial score (nSPS) is 13.8. The predicted octanol–water partition coefficient (Wildman–Crippen LogP) is 5.01. The van der Waals surface area contributed by atoms with Gasteiger partial charge in [-0.2, -0.15) is 13.2 Å². The Morgan fingerprint density at radius 3 is 1.50 bits per heavy atom. The molecular formula is C6Br3Cl3F3N3. The first-order chi connectivity index (χ1) is 7.82. The molecule has 0 radical (unpaired) electrons. The molecule has 0 aliphatic heterocycles. The molecule has 0 amide bonds. The van der Waals surface area contributed by atoms with E-state index in [9.17, 15) is 13.2 Å². The zero-order valence-corrected chi connectivity index (χ0v) is 14.8. The molecule has 102 valence electrons. The van der Waals surface area contributed by atoms with Crippen LogP contribution in [0.15, 0.2) is 0 Å². The second kappa shape index (κ2) is 5.48. The minimum Gasteiger partial charge on any atom is -0.210 e. The Kier molecular flexibility index (Phi) is 5.22. The van der Waals surface area contributed by atoms with Gasteiger partial charge in [-0.3, -0.25) is 0 Å². The van der Waals surface area contributed by atoms with Crippen molar-refractivity contribution in [3.8, 4) is 0 Å². The Bertz CT molecular complexity index is 378. The highest BCUT2D eigenvalue weighted by Crippen LogP contribution is 2.44. The lowest BCUT2D eigenvalue weighted by Crippen LogP contribution is -2.21. The number of rotatable bonds is 0. The molecular weight excluding hydrogens is 517 g/mol. The molecule has 0 unspecified atom stereocenters. The van der Waals surface area contributed by atoms with Crippen LogP contribution in [0.2, 0.25) is 0 Å². The highest BCUT2D eigenvalue weighted by Gasteiger charge is 2.40. The van der Waals surface area contributed by atoms with Crippen molar-refractivity contribution in [2.24, 2.45) is 0 Å². The summed E-state index contributed by atoms with van der Waals surface area (Å²) in [5.41, 5.74) is 0. The minimum absolute atomic E-state index is 0.342. The van der Waals surface area contributed by atoms with Crippen LogP contribution in [0.25, 0.3) is 0 Å². The molecule has 0 aliphatic rings. The van der Waals surface area contributed by atoms with E-state index in [2.05, 4.69) is 62.7 Å². The van der Waals surface area contributed by atoms with Crippen LogP contribution in [0.3, 0.4) is 0 Å². The van der Waals surface area contributed by atoms with E-state index in [0.717, 1.165) is 0 Å². The van der Waals surface area contributed by atoms with E-state index < -0.39 is 23.8 Å². The Hall–Kier alpha value is 1.11. The number of halogens is 9. The summed E-state index contributed by atoms with van der Waals surface area (Å²) in [7, 11) is 0. The van der Waals surface area contributed by atoms with Gasteiger partial charge in [0.05, 0.1) is 0 Å². The summed E-state index contributed by atoms with van der Waals surface area (Å²) in [4.78, 5) is 9.94. The molecule has 0 atom stereocenters. The van der Waals surface area contributed by atoms with Crippen LogP contribution in [0.4, 0.5) is 13.2 Å². The van der Waals surface area contributed by atoms with Crippen LogP contribution in [-0.4, -0.2) is 15.0 Å². The van der Waals surface area contributed by atoms with Crippen LogP contribution in [0.5, 0.6) is 0 Å². The summed E-state index contributed by atoms with van der Waals surface area (Å²) in [6.45, 7) is 0. The molecule has 1 rings (SSSR count). The quantitative estimate of drug-likeness (QED) is 0.455. The summed E-state index contributed by atoms with van der Waals surface area (Å²) in [5.74, 6) is -2.43. The standard InChI is InChI=1S/C6Br3Cl3F3N3/c7-4(8,9)1-16-2(5(10,11)12)18-3(17-1)6(13,14)15. The van der Waals surface area contributed by atoms with Crippen LogP contribution in [0, 0.1) is 0 Å². The first-order valence-corrected chi connectivity index (χ1v) is 7.31. The van der Waals surface area contributed by atoms with E-state index in [0.29, 0.717) is 0 Å². The van der Waals surface area contributed by atoms with Gasteiger partial charge in [0.15, 0.2) is 13.8 Å². The Morgan fingerprint density at radius 2 is 1.17 bits per heavy atom. The number of hydrogen-bond donors (Lipinski definition) is 0. The largest absolute Gasteiger partial charge is 0.451 e. The predicted molar refractivity (Wildman–Crippen MR) is 72.5 cm³/mol. The van der Waals surface area contributed by atoms with Gasteiger partial charge in [0.2, 0.25) is 9.62 Å². The van der Waals surface area contributed by atoms with Crippen LogP contribution in [0.1, 0.15) is 17.5 Å². The van der Waals surface area contributed by atoms with Crippen molar-refractivity contribution >= 4 is 82.6 Å². The fourth-order valence-electron chi connectivity index (χ4n) is 0.756. The minimum atomic E-state index is -4.79. The molecule has 1 aromatic rings. The van der Waals surface area contributed by atoms with Crippen molar-refractivity contribution in [2.75, 3.05) is 0 Å². The summed E-state index contributed by atoms with van der Waals surface area (Å²) >= 11 is 25.3. The van der Waals surface area contributed by atoms with Gasteiger partial charge in [-0.1, -0.05) is 82.6 Å². The van der Waals surface area contributed by atoms with Crippen molar-refractivity contribution in [1.29, 1.82) is 0 Å². The Balaban J connectivity index is 3.49. The SMILES string of the molecule is FC(F)(F)c1nc(C(Cl)(Cl)Cl)nc(C(Br)(Br)Br)n1. The maximum Gasteiger partial charge on any atom is 0.451 e. The van der Waals surface area contributed by atoms with Crippen LogP contribution >= 0.6 is 82.6 Å². The van der Waals surface area contributed by atoms with Gasteiger partial charge in [-0.15, -0.1) is 0 Å². The molecule has 18 heavy (non-hydrogen) atoms. The second-order valence-corrected chi connectivity index (χ2v) is 11.8. The van der Waals surface area contributed by atoms with E-state index in [4.69, 9.17) is 34.8 Å². The molecule has 0 aromatic carbocycles. The maximum atomic E-state index is 12.6. The smallest absolute Gasteiger partial charge is 0.210 e. The lowest BCUT2D eigenvalue weighted by atomic mass is 10.5. The molecule has 1 aromatic heterocycles. The maximum absolute atomic E-state index is 12.6. The summed E-state index contributed by atoms with van der Waals surface area (Å²) in [6.07, 6.45) is -4.79. The van der Waals surface area contributed by atoms with Crippen molar-refractivity contribution in [1.82, 2.24) is 15.0 Å². The first kappa shape index (κ1) is 17.2. The van der Waals surface area contributed by atoms with Crippen LogP contribution in [-0.2, 0) is 12.1 Å². The summed E-state index contributed by atoms with van der Waals surface area (Å²) < 4.78 is 34.3. The molecule has 3 nitrogen and oxygen atoms in total. The number of aromatic nitrogens is 3. The Morgan fingerprint density at radius 1 is 0.778 bits per heavy atom. The fraction of sp³-hybridized carbons (Fsp3) is 0.500. The number of alkyl halides is 9. The van der Waals surface area contributed by atoms with Gasteiger partial charge in [0.1, 0.15) is 0 Å². The van der Waals surface area contributed by atoms with Crippen molar-refractivity contribution in [3.63, 3.8) is 0 Å².